The number of benzene rings is 1. The number of ether oxygens (including phenoxy) is 1. The first kappa shape index (κ1) is 21.4. The fourth-order valence-corrected chi connectivity index (χ4v) is 5.25. The van der Waals surface area contributed by atoms with Crippen LogP contribution < -0.4 is 16.0 Å². The van der Waals surface area contributed by atoms with E-state index >= 15 is 0 Å². The second-order valence-corrected chi connectivity index (χ2v) is 8.77. The van der Waals surface area contributed by atoms with Crippen LogP contribution in [0.15, 0.2) is 45.3 Å². The molecule has 0 radical (unpaired) electrons. The van der Waals surface area contributed by atoms with Crippen LogP contribution in [0.1, 0.15) is 38.2 Å². The molecule has 7 nitrogen and oxygen atoms in total. The van der Waals surface area contributed by atoms with E-state index in [1.54, 1.807) is 24.6 Å². The Hall–Kier alpha value is -2.87. The van der Waals surface area contributed by atoms with E-state index in [0.29, 0.717) is 16.0 Å². The fourth-order valence-electron chi connectivity index (χ4n) is 4.41. The molecule has 0 unspecified atom stereocenters. The molecule has 0 bridgehead atoms. The summed E-state index contributed by atoms with van der Waals surface area (Å²) in [4.78, 5) is 41.5. The first-order valence-corrected chi connectivity index (χ1v) is 11.5. The van der Waals surface area contributed by atoms with Gasteiger partial charge < -0.3 is 9.64 Å². The molecule has 164 valence electrons. The van der Waals surface area contributed by atoms with E-state index in [2.05, 4.69) is 6.92 Å². The van der Waals surface area contributed by atoms with E-state index in [0.717, 1.165) is 37.8 Å². The third-order valence-electron chi connectivity index (χ3n) is 6.07. The fraction of sp³-hybridized carbons (Fsp3) is 0.435. The lowest BCUT2D eigenvalue weighted by Crippen LogP contribution is -2.47. The number of carbonyl (C=O) groups excluding carboxylic acids is 1. The number of hydrogen-bond donors (Lipinski definition) is 0. The van der Waals surface area contributed by atoms with Crippen molar-refractivity contribution in [2.24, 2.45) is 0 Å². The normalized spacial score (nSPS) is 16.6. The SMILES string of the molecule is CC[C@H]1CCCCN1C(=O)Cn1c(=O)n(Cc2ccccc2OC)c(=O)c2sccc21. The summed E-state index contributed by atoms with van der Waals surface area (Å²) >= 11 is 1.29. The minimum absolute atomic E-state index is 0.0607. The average molecular weight is 442 g/mol. The highest BCUT2D eigenvalue weighted by Gasteiger charge is 2.26. The maximum absolute atomic E-state index is 13.4. The number of hydrogen-bond acceptors (Lipinski definition) is 5. The highest BCUT2D eigenvalue weighted by Crippen LogP contribution is 2.22. The summed E-state index contributed by atoms with van der Waals surface area (Å²) in [5, 5.41) is 1.79. The summed E-state index contributed by atoms with van der Waals surface area (Å²) in [6, 6.07) is 9.28. The summed E-state index contributed by atoms with van der Waals surface area (Å²) in [6.45, 7) is 2.84. The Kier molecular flexibility index (Phi) is 6.27. The molecule has 31 heavy (non-hydrogen) atoms. The Morgan fingerprint density at radius 1 is 1.16 bits per heavy atom. The van der Waals surface area contributed by atoms with Gasteiger partial charge >= 0.3 is 5.69 Å². The first-order valence-electron chi connectivity index (χ1n) is 10.7. The quantitative estimate of drug-likeness (QED) is 0.589. The smallest absolute Gasteiger partial charge is 0.332 e. The molecule has 1 atom stereocenters. The lowest BCUT2D eigenvalue weighted by Gasteiger charge is -2.35. The van der Waals surface area contributed by atoms with Crippen LogP contribution in [-0.2, 0) is 17.9 Å². The van der Waals surface area contributed by atoms with Crippen LogP contribution in [0.5, 0.6) is 5.75 Å². The standard InChI is InChI=1S/C23H27N3O4S/c1-3-17-9-6-7-12-24(17)20(27)15-25-18-11-13-31-21(18)22(28)26(23(25)29)14-16-8-4-5-10-19(16)30-2/h4-5,8,10-11,13,17H,3,6-7,9,12,14-15H2,1-2H3/t17-/m0/s1. The summed E-state index contributed by atoms with van der Waals surface area (Å²) < 4.78 is 8.52. The molecular formula is C23H27N3O4S. The van der Waals surface area contributed by atoms with Crippen LogP contribution in [0.3, 0.4) is 0 Å². The number of amides is 1. The molecule has 8 heteroatoms. The van der Waals surface area contributed by atoms with Crippen LogP contribution in [0.4, 0.5) is 0 Å². The van der Waals surface area contributed by atoms with Crippen molar-refractivity contribution >= 4 is 27.5 Å². The highest BCUT2D eigenvalue weighted by molar-refractivity contribution is 7.17. The molecular weight excluding hydrogens is 414 g/mol. The van der Waals surface area contributed by atoms with Crippen molar-refractivity contribution in [2.75, 3.05) is 13.7 Å². The van der Waals surface area contributed by atoms with Gasteiger partial charge in [-0.15, -0.1) is 11.3 Å². The molecule has 1 amide bonds. The highest BCUT2D eigenvalue weighted by atomic mass is 32.1. The Bertz CT molecular complexity index is 1210. The summed E-state index contributed by atoms with van der Waals surface area (Å²) in [7, 11) is 1.56. The van der Waals surface area contributed by atoms with Crippen LogP contribution in [0, 0.1) is 0 Å². The van der Waals surface area contributed by atoms with Crippen molar-refractivity contribution in [3.05, 3.63) is 62.1 Å². The third-order valence-corrected chi connectivity index (χ3v) is 6.96. The molecule has 0 aliphatic carbocycles. The van der Waals surface area contributed by atoms with Crippen molar-refractivity contribution < 1.29 is 9.53 Å². The van der Waals surface area contributed by atoms with Crippen molar-refractivity contribution in [3.8, 4) is 5.75 Å². The second kappa shape index (κ2) is 9.09. The van der Waals surface area contributed by atoms with E-state index in [9.17, 15) is 14.4 Å². The van der Waals surface area contributed by atoms with Gasteiger partial charge in [-0.05, 0) is 43.2 Å². The third kappa shape index (κ3) is 4.04. The number of fused-ring (bicyclic) bond motifs is 1. The zero-order chi connectivity index (χ0) is 22.0. The first-order chi connectivity index (χ1) is 15.0. The molecule has 1 aliphatic heterocycles. The zero-order valence-corrected chi connectivity index (χ0v) is 18.7. The Morgan fingerprint density at radius 2 is 1.97 bits per heavy atom. The predicted octanol–water partition coefficient (Wildman–Crippen LogP) is 3.07. The zero-order valence-electron chi connectivity index (χ0n) is 17.9. The minimum atomic E-state index is -0.472. The van der Waals surface area contributed by atoms with Crippen molar-refractivity contribution in [1.82, 2.24) is 14.0 Å². The van der Waals surface area contributed by atoms with E-state index < -0.39 is 5.69 Å². The van der Waals surface area contributed by atoms with Gasteiger partial charge in [-0.25, -0.2) is 4.79 Å². The van der Waals surface area contributed by atoms with E-state index in [4.69, 9.17) is 4.74 Å². The van der Waals surface area contributed by atoms with Crippen LogP contribution in [0.25, 0.3) is 10.2 Å². The number of piperidine rings is 1. The van der Waals surface area contributed by atoms with Gasteiger partial charge in [0.05, 0.1) is 19.2 Å². The molecule has 4 rings (SSSR count). The molecule has 1 aromatic carbocycles. The van der Waals surface area contributed by atoms with Gasteiger partial charge in [0.25, 0.3) is 5.56 Å². The maximum atomic E-state index is 13.4. The van der Waals surface area contributed by atoms with E-state index in [-0.39, 0.29) is 30.6 Å². The van der Waals surface area contributed by atoms with Gasteiger partial charge in [0.2, 0.25) is 5.91 Å². The molecule has 3 heterocycles. The Morgan fingerprint density at radius 3 is 2.74 bits per heavy atom. The number of likely N-dealkylation sites (tertiary alicyclic amines) is 1. The number of methoxy groups -OCH3 is 1. The van der Waals surface area contributed by atoms with Gasteiger partial charge in [-0.2, -0.15) is 0 Å². The van der Waals surface area contributed by atoms with Crippen molar-refractivity contribution in [1.29, 1.82) is 0 Å². The van der Waals surface area contributed by atoms with Gasteiger partial charge in [0.1, 0.15) is 17.0 Å². The van der Waals surface area contributed by atoms with E-state index in [1.807, 2.05) is 23.1 Å². The molecule has 3 aromatic rings. The topological polar surface area (TPSA) is 73.5 Å². The molecule has 1 aliphatic rings. The lowest BCUT2D eigenvalue weighted by atomic mass is 10.00. The summed E-state index contributed by atoms with van der Waals surface area (Å²) in [5.74, 6) is 0.547. The van der Waals surface area contributed by atoms with Crippen LogP contribution in [0.2, 0.25) is 0 Å². The predicted molar refractivity (Wildman–Crippen MR) is 122 cm³/mol. The summed E-state index contributed by atoms with van der Waals surface area (Å²) in [5.41, 5.74) is 0.448. The Labute approximate surface area is 184 Å². The maximum Gasteiger partial charge on any atom is 0.332 e. The van der Waals surface area contributed by atoms with Gasteiger partial charge in [0.15, 0.2) is 0 Å². The number of rotatable bonds is 6. The molecule has 0 spiro atoms. The van der Waals surface area contributed by atoms with Crippen molar-refractivity contribution in [3.63, 3.8) is 0 Å². The largest absolute Gasteiger partial charge is 0.496 e. The molecule has 1 saturated heterocycles. The molecule has 2 aromatic heterocycles. The summed E-state index contributed by atoms with van der Waals surface area (Å²) in [6.07, 6.45) is 4.01. The molecule has 0 N–H and O–H groups in total. The molecule has 1 fully saturated rings. The van der Waals surface area contributed by atoms with Crippen LogP contribution in [-0.4, -0.2) is 39.6 Å². The second-order valence-electron chi connectivity index (χ2n) is 7.85. The number of aromatic nitrogens is 2. The van der Waals surface area contributed by atoms with Gasteiger partial charge in [-0.3, -0.25) is 18.7 Å². The van der Waals surface area contributed by atoms with Gasteiger partial charge in [0, 0.05) is 18.2 Å². The van der Waals surface area contributed by atoms with Crippen LogP contribution >= 0.6 is 11.3 Å². The Balaban J connectivity index is 1.76. The monoisotopic (exact) mass is 441 g/mol. The number of thiophene rings is 1. The number of nitrogens with zero attached hydrogens (tertiary/aromatic N) is 3. The minimum Gasteiger partial charge on any atom is -0.496 e. The van der Waals surface area contributed by atoms with Crippen molar-refractivity contribution in [2.45, 2.75) is 51.7 Å². The molecule has 0 saturated carbocycles. The number of carbonyl (C=O) groups is 1. The van der Waals surface area contributed by atoms with Gasteiger partial charge in [-0.1, -0.05) is 25.1 Å². The van der Waals surface area contributed by atoms with E-state index in [1.165, 1.54) is 20.5 Å². The lowest BCUT2D eigenvalue weighted by molar-refractivity contribution is -0.135. The number of para-hydroxylation sites is 1. The average Bonchev–Trinajstić information content (AvgIpc) is 3.29.